The predicted octanol–water partition coefficient (Wildman–Crippen LogP) is -0.781. The van der Waals surface area contributed by atoms with Crippen LogP contribution >= 0.6 is 0 Å². The minimum absolute atomic E-state index is 0.254. The van der Waals surface area contributed by atoms with E-state index in [4.69, 9.17) is 19.7 Å². The van der Waals surface area contributed by atoms with Gasteiger partial charge in [-0.3, -0.25) is 14.5 Å². The lowest BCUT2D eigenvalue weighted by molar-refractivity contribution is -0.281. The monoisotopic (exact) mass is 233 g/mol. The van der Waals surface area contributed by atoms with Crippen LogP contribution in [0.3, 0.4) is 0 Å². The minimum Gasteiger partial charge on any atom is -0.481 e. The maximum Gasteiger partial charge on any atom is 0.321 e. The molecule has 0 bridgehead atoms. The number of nitrogens with zero attached hydrogens (tertiary/aromatic N) is 1. The van der Waals surface area contributed by atoms with Gasteiger partial charge in [0.1, 0.15) is 6.04 Å². The Labute approximate surface area is 92.6 Å². The molecule has 2 N–H and O–H groups in total. The third kappa shape index (κ3) is 2.49. The van der Waals surface area contributed by atoms with E-state index in [1.54, 1.807) is 0 Å². The number of hydrogen-bond donors (Lipinski definition) is 2. The van der Waals surface area contributed by atoms with Crippen molar-refractivity contribution in [1.29, 1.82) is 0 Å². The average Bonchev–Trinajstić information content (AvgIpc) is 2.15. The van der Waals surface area contributed by atoms with Gasteiger partial charge in [-0.25, -0.2) is 0 Å². The zero-order valence-corrected chi connectivity index (χ0v) is 9.17. The van der Waals surface area contributed by atoms with Gasteiger partial charge in [0.2, 0.25) is 0 Å². The van der Waals surface area contributed by atoms with Crippen molar-refractivity contribution in [2.24, 2.45) is 0 Å². The molecule has 0 saturated carbocycles. The maximum atomic E-state index is 10.9. The highest BCUT2D eigenvalue weighted by Gasteiger charge is 2.48. The summed E-state index contributed by atoms with van der Waals surface area (Å²) in [4.78, 5) is 22.9. The molecular weight excluding hydrogens is 218 g/mol. The van der Waals surface area contributed by atoms with E-state index >= 15 is 0 Å². The second-order valence-corrected chi connectivity index (χ2v) is 3.68. The van der Waals surface area contributed by atoms with E-state index < -0.39 is 30.2 Å². The molecule has 0 aromatic carbocycles. The van der Waals surface area contributed by atoms with Crippen LogP contribution in [0, 0.1) is 0 Å². The van der Waals surface area contributed by atoms with Crippen molar-refractivity contribution >= 4 is 11.9 Å². The Kier molecular flexibility index (Phi) is 3.84. The first-order valence-electron chi connectivity index (χ1n) is 4.73. The number of methoxy groups -OCH3 is 2. The number of carboxylic acids is 2. The number of rotatable bonds is 6. The fourth-order valence-corrected chi connectivity index (χ4v) is 1.67. The number of aliphatic carboxylic acids is 2. The Morgan fingerprint density at radius 1 is 1.31 bits per heavy atom. The standard InChI is InChI=1S/C9H15NO6/c1-15-9(16-2)4-10(5-9)6(8(13)14)3-7(11)12/h6H,3-5H2,1-2H3,(H,11,12)(H,13,14). The van der Waals surface area contributed by atoms with E-state index in [9.17, 15) is 9.59 Å². The summed E-state index contributed by atoms with van der Waals surface area (Å²) in [5, 5.41) is 17.5. The van der Waals surface area contributed by atoms with Crippen LogP contribution in [0.25, 0.3) is 0 Å². The maximum absolute atomic E-state index is 10.9. The molecule has 1 aliphatic rings. The molecule has 1 heterocycles. The van der Waals surface area contributed by atoms with Gasteiger partial charge in [-0.15, -0.1) is 0 Å². The first kappa shape index (κ1) is 12.9. The van der Waals surface area contributed by atoms with Crippen LogP contribution in [0.15, 0.2) is 0 Å². The molecule has 1 unspecified atom stereocenters. The highest BCUT2D eigenvalue weighted by molar-refractivity contribution is 5.80. The molecular formula is C9H15NO6. The third-order valence-electron chi connectivity index (χ3n) is 2.73. The van der Waals surface area contributed by atoms with Gasteiger partial charge >= 0.3 is 11.9 Å². The van der Waals surface area contributed by atoms with Crippen molar-refractivity contribution in [2.75, 3.05) is 27.3 Å². The highest BCUT2D eigenvalue weighted by atomic mass is 16.7. The van der Waals surface area contributed by atoms with Crippen LogP contribution in [0.1, 0.15) is 6.42 Å². The molecule has 0 amide bonds. The number of likely N-dealkylation sites (tertiary alicyclic amines) is 1. The Bertz CT molecular complexity index is 280. The Hall–Kier alpha value is -1.18. The van der Waals surface area contributed by atoms with E-state index in [0.717, 1.165) is 0 Å². The number of carbonyl (C=O) groups is 2. The lowest BCUT2D eigenvalue weighted by atomic mass is 10.0. The van der Waals surface area contributed by atoms with Gasteiger partial charge in [-0.1, -0.05) is 0 Å². The molecule has 0 radical (unpaired) electrons. The number of hydrogen-bond acceptors (Lipinski definition) is 5. The second-order valence-electron chi connectivity index (χ2n) is 3.68. The molecule has 0 aromatic rings. The summed E-state index contributed by atoms with van der Waals surface area (Å²) in [5.41, 5.74) is 0. The average molecular weight is 233 g/mol. The predicted molar refractivity (Wildman–Crippen MR) is 52.0 cm³/mol. The summed E-state index contributed by atoms with van der Waals surface area (Å²) in [6.45, 7) is 0.508. The molecule has 7 heteroatoms. The molecule has 7 nitrogen and oxygen atoms in total. The van der Waals surface area contributed by atoms with Crippen LogP contribution in [0.5, 0.6) is 0 Å². The first-order chi connectivity index (χ1) is 7.44. The second kappa shape index (κ2) is 4.77. The van der Waals surface area contributed by atoms with Crippen molar-refractivity contribution in [2.45, 2.75) is 18.2 Å². The summed E-state index contributed by atoms with van der Waals surface area (Å²) < 4.78 is 10.2. The van der Waals surface area contributed by atoms with Crippen LogP contribution in [0.4, 0.5) is 0 Å². The fourth-order valence-electron chi connectivity index (χ4n) is 1.67. The minimum atomic E-state index is -1.15. The van der Waals surface area contributed by atoms with Crippen molar-refractivity contribution < 1.29 is 29.3 Å². The molecule has 0 aromatic heterocycles. The largest absolute Gasteiger partial charge is 0.481 e. The van der Waals surface area contributed by atoms with Crippen molar-refractivity contribution in [3.63, 3.8) is 0 Å². The molecule has 1 saturated heterocycles. The zero-order valence-electron chi connectivity index (χ0n) is 9.17. The summed E-state index contributed by atoms with van der Waals surface area (Å²) in [5.74, 6) is -3.09. The van der Waals surface area contributed by atoms with Gasteiger partial charge in [-0.2, -0.15) is 0 Å². The Balaban J connectivity index is 2.58. The van der Waals surface area contributed by atoms with E-state index in [0.29, 0.717) is 0 Å². The van der Waals surface area contributed by atoms with Gasteiger partial charge in [0, 0.05) is 14.2 Å². The molecule has 1 fully saturated rings. The Morgan fingerprint density at radius 2 is 1.81 bits per heavy atom. The molecule has 0 aliphatic carbocycles. The van der Waals surface area contributed by atoms with Gasteiger partial charge in [0.25, 0.3) is 0 Å². The van der Waals surface area contributed by atoms with Crippen LogP contribution < -0.4 is 0 Å². The topological polar surface area (TPSA) is 96.3 Å². The van der Waals surface area contributed by atoms with Crippen molar-refractivity contribution in [3.05, 3.63) is 0 Å². The highest BCUT2D eigenvalue weighted by Crippen LogP contribution is 2.28. The summed E-state index contributed by atoms with van der Waals surface area (Å²) in [6, 6.07) is -1.03. The molecule has 1 aliphatic heterocycles. The van der Waals surface area contributed by atoms with Gasteiger partial charge < -0.3 is 19.7 Å². The molecule has 92 valence electrons. The third-order valence-corrected chi connectivity index (χ3v) is 2.73. The molecule has 0 spiro atoms. The molecule has 16 heavy (non-hydrogen) atoms. The van der Waals surface area contributed by atoms with Gasteiger partial charge in [0.05, 0.1) is 19.5 Å². The summed E-state index contributed by atoms with van der Waals surface area (Å²) >= 11 is 0. The van der Waals surface area contributed by atoms with Gasteiger partial charge in [-0.05, 0) is 0 Å². The number of ether oxygens (including phenoxy) is 2. The van der Waals surface area contributed by atoms with E-state index in [2.05, 4.69) is 0 Å². The van der Waals surface area contributed by atoms with Crippen molar-refractivity contribution in [3.8, 4) is 0 Å². The fraction of sp³-hybridized carbons (Fsp3) is 0.778. The normalized spacial score (nSPS) is 21.1. The van der Waals surface area contributed by atoms with E-state index in [-0.39, 0.29) is 13.1 Å². The van der Waals surface area contributed by atoms with Crippen LogP contribution in [-0.2, 0) is 19.1 Å². The lowest BCUT2D eigenvalue weighted by Gasteiger charge is -2.49. The Morgan fingerprint density at radius 3 is 2.12 bits per heavy atom. The SMILES string of the molecule is COC1(OC)CN(C(CC(=O)O)C(=O)O)C1. The lowest BCUT2D eigenvalue weighted by Crippen LogP contribution is -2.67. The van der Waals surface area contributed by atoms with Crippen LogP contribution in [0.2, 0.25) is 0 Å². The molecule has 1 atom stereocenters. The van der Waals surface area contributed by atoms with E-state index in [1.165, 1.54) is 19.1 Å². The van der Waals surface area contributed by atoms with Crippen LogP contribution in [-0.4, -0.2) is 66.2 Å². The van der Waals surface area contributed by atoms with Gasteiger partial charge in [0.15, 0.2) is 5.79 Å². The zero-order chi connectivity index (χ0) is 12.3. The van der Waals surface area contributed by atoms with Crippen molar-refractivity contribution in [1.82, 2.24) is 4.90 Å². The number of carboxylic acid groups (broad SMARTS) is 2. The molecule has 1 rings (SSSR count). The summed E-state index contributed by atoms with van der Waals surface area (Å²) in [6.07, 6.45) is -0.432. The summed E-state index contributed by atoms with van der Waals surface area (Å²) in [7, 11) is 2.93. The smallest absolute Gasteiger partial charge is 0.321 e. The first-order valence-corrected chi connectivity index (χ1v) is 4.73. The van der Waals surface area contributed by atoms with E-state index in [1.807, 2.05) is 0 Å². The quantitative estimate of drug-likeness (QED) is 0.581.